The minimum Gasteiger partial charge on any atom is -0.322 e. The Labute approximate surface area is 138 Å². The summed E-state index contributed by atoms with van der Waals surface area (Å²) in [5.41, 5.74) is 3.56. The van der Waals surface area contributed by atoms with Gasteiger partial charge in [-0.2, -0.15) is 5.26 Å². The van der Waals surface area contributed by atoms with Crippen LogP contribution in [0.15, 0.2) is 47.3 Å². The second-order valence-electron chi connectivity index (χ2n) is 5.61. The number of aryl methyl sites for hydroxylation is 1. The van der Waals surface area contributed by atoms with Crippen LogP contribution in [0.3, 0.4) is 0 Å². The number of rotatable bonds is 2. The van der Waals surface area contributed by atoms with Gasteiger partial charge in [-0.05, 0) is 49.7 Å². The van der Waals surface area contributed by atoms with Crippen molar-refractivity contribution < 1.29 is 4.79 Å². The van der Waals surface area contributed by atoms with Gasteiger partial charge in [0, 0.05) is 22.2 Å². The van der Waals surface area contributed by atoms with E-state index in [1.54, 1.807) is 37.3 Å². The van der Waals surface area contributed by atoms with E-state index >= 15 is 0 Å². The topological polar surface area (TPSA) is 85.8 Å². The molecule has 0 aliphatic carbocycles. The highest BCUT2D eigenvalue weighted by Gasteiger charge is 2.09. The van der Waals surface area contributed by atoms with Crippen LogP contribution in [0.5, 0.6) is 0 Å². The molecule has 3 aromatic rings. The summed E-state index contributed by atoms with van der Waals surface area (Å²) in [6.07, 6.45) is 0. The number of H-pyrrole nitrogens is 1. The zero-order valence-electron chi connectivity index (χ0n) is 13.3. The number of carbonyl (C=O) groups excluding carboxylic acids is 1. The van der Waals surface area contributed by atoms with Gasteiger partial charge in [-0.15, -0.1) is 0 Å². The molecule has 5 heteroatoms. The van der Waals surface area contributed by atoms with E-state index < -0.39 is 0 Å². The zero-order valence-corrected chi connectivity index (χ0v) is 13.3. The molecule has 1 amide bonds. The number of benzene rings is 2. The van der Waals surface area contributed by atoms with Crippen LogP contribution >= 0.6 is 0 Å². The summed E-state index contributed by atoms with van der Waals surface area (Å²) in [6.45, 7) is 3.68. The average Bonchev–Trinajstić information content (AvgIpc) is 2.59. The molecule has 5 nitrogen and oxygen atoms in total. The Bertz CT molecular complexity index is 1060. The summed E-state index contributed by atoms with van der Waals surface area (Å²) in [4.78, 5) is 27.0. The Kier molecular flexibility index (Phi) is 3.88. The van der Waals surface area contributed by atoms with Gasteiger partial charge < -0.3 is 10.3 Å². The number of nitriles is 1. The molecule has 0 radical (unpaired) electrons. The number of anilines is 1. The van der Waals surface area contributed by atoms with E-state index in [1.165, 1.54) is 6.07 Å². The van der Waals surface area contributed by atoms with Crippen molar-refractivity contribution in [3.63, 3.8) is 0 Å². The molecule has 0 saturated carbocycles. The molecule has 0 aliphatic rings. The predicted molar refractivity (Wildman–Crippen MR) is 93.2 cm³/mol. The number of nitrogens with one attached hydrogen (secondary N) is 2. The van der Waals surface area contributed by atoms with Gasteiger partial charge in [0.25, 0.3) is 11.5 Å². The maximum absolute atomic E-state index is 12.3. The summed E-state index contributed by atoms with van der Waals surface area (Å²) >= 11 is 0. The molecule has 0 fully saturated rings. The fraction of sp³-hybridized carbons (Fsp3) is 0.105. The van der Waals surface area contributed by atoms with Crippen molar-refractivity contribution in [1.29, 1.82) is 5.26 Å². The summed E-state index contributed by atoms with van der Waals surface area (Å²) in [5.74, 6) is -0.308. The van der Waals surface area contributed by atoms with Crippen molar-refractivity contribution in [2.75, 3.05) is 5.32 Å². The quantitative estimate of drug-likeness (QED) is 0.760. The number of hydrogen-bond acceptors (Lipinski definition) is 3. The Morgan fingerprint density at radius 3 is 2.67 bits per heavy atom. The van der Waals surface area contributed by atoms with Crippen LogP contribution < -0.4 is 10.9 Å². The van der Waals surface area contributed by atoms with E-state index in [0.29, 0.717) is 27.9 Å². The highest BCUT2D eigenvalue weighted by atomic mass is 16.1. The number of aromatic nitrogens is 1. The normalized spacial score (nSPS) is 10.4. The lowest BCUT2D eigenvalue weighted by atomic mass is 10.1. The summed E-state index contributed by atoms with van der Waals surface area (Å²) in [6, 6.07) is 13.9. The van der Waals surface area contributed by atoms with Crippen LogP contribution in [-0.2, 0) is 0 Å². The molecule has 1 aromatic heterocycles. The van der Waals surface area contributed by atoms with Gasteiger partial charge in [-0.1, -0.05) is 12.1 Å². The molecule has 1 heterocycles. The SMILES string of the molecule is Cc1c(C)c2ccc(NC(=O)c3cccc(C#N)c3)cc2[nH]c1=O. The number of hydrogen-bond donors (Lipinski definition) is 2. The first-order chi connectivity index (χ1) is 11.5. The van der Waals surface area contributed by atoms with E-state index in [1.807, 2.05) is 19.1 Å². The molecule has 0 atom stereocenters. The average molecular weight is 317 g/mol. The van der Waals surface area contributed by atoms with E-state index in [-0.39, 0.29) is 11.5 Å². The lowest BCUT2D eigenvalue weighted by Gasteiger charge is -2.09. The van der Waals surface area contributed by atoms with Crippen LogP contribution in [0, 0.1) is 25.2 Å². The fourth-order valence-electron chi connectivity index (χ4n) is 2.57. The molecule has 0 bridgehead atoms. The number of pyridine rings is 1. The fourth-order valence-corrected chi connectivity index (χ4v) is 2.57. The van der Waals surface area contributed by atoms with Crippen LogP contribution in [0.4, 0.5) is 5.69 Å². The maximum atomic E-state index is 12.3. The van der Waals surface area contributed by atoms with Crippen molar-refractivity contribution in [2.45, 2.75) is 13.8 Å². The lowest BCUT2D eigenvalue weighted by Crippen LogP contribution is -2.13. The molecule has 0 unspecified atom stereocenters. The number of carbonyl (C=O) groups is 1. The lowest BCUT2D eigenvalue weighted by molar-refractivity contribution is 0.102. The predicted octanol–water partition coefficient (Wildman–Crippen LogP) is 3.27. The molecule has 0 spiro atoms. The first kappa shape index (κ1) is 15.5. The zero-order chi connectivity index (χ0) is 17.3. The van der Waals surface area contributed by atoms with Gasteiger partial charge in [0.1, 0.15) is 0 Å². The number of aromatic amines is 1. The Hall–Kier alpha value is -3.39. The molecular weight excluding hydrogens is 302 g/mol. The highest BCUT2D eigenvalue weighted by molar-refractivity contribution is 6.05. The van der Waals surface area contributed by atoms with Gasteiger partial charge in [-0.25, -0.2) is 0 Å². The van der Waals surface area contributed by atoms with Gasteiger partial charge in [0.2, 0.25) is 0 Å². The van der Waals surface area contributed by atoms with E-state index in [4.69, 9.17) is 5.26 Å². The molecule has 118 valence electrons. The minimum atomic E-state index is -0.308. The van der Waals surface area contributed by atoms with E-state index in [0.717, 1.165) is 10.9 Å². The Balaban J connectivity index is 1.96. The van der Waals surface area contributed by atoms with Crippen LogP contribution in [-0.4, -0.2) is 10.9 Å². The monoisotopic (exact) mass is 317 g/mol. The molecular formula is C19H15N3O2. The third-order valence-electron chi connectivity index (χ3n) is 4.09. The van der Waals surface area contributed by atoms with Gasteiger partial charge in [0.05, 0.1) is 17.1 Å². The third kappa shape index (κ3) is 2.77. The molecule has 0 aliphatic heterocycles. The summed E-state index contributed by atoms with van der Waals surface area (Å²) < 4.78 is 0. The standard InChI is InChI=1S/C19H15N3O2/c1-11-12(2)18(23)22-17-9-15(6-7-16(11)17)21-19(24)14-5-3-4-13(8-14)10-20/h3-9H,1-2H3,(H,21,24)(H,22,23). The van der Waals surface area contributed by atoms with Gasteiger partial charge in [-0.3, -0.25) is 9.59 Å². The van der Waals surface area contributed by atoms with Crippen LogP contribution in [0.25, 0.3) is 10.9 Å². The van der Waals surface area contributed by atoms with Crippen molar-refractivity contribution in [2.24, 2.45) is 0 Å². The first-order valence-electron chi connectivity index (χ1n) is 7.44. The van der Waals surface area contributed by atoms with Gasteiger partial charge in [0.15, 0.2) is 0 Å². The van der Waals surface area contributed by atoms with Crippen molar-refractivity contribution in [3.05, 3.63) is 75.1 Å². The molecule has 2 N–H and O–H groups in total. The number of fused-ring (bicyclic) bond motifs is 1. The third-order valence-corrected chi connectivity index (χ3v) is 4.09. The van der Waals surface area contributed by atoms with Crippen LogP contribution in [0.1, 0.15) is 27.0 Å². The number of nitrogens with zero attached hydrogens (tertiary/aromatic N) is 1. The highest BCUT2D eigenvalue weighted by Crippen LogP contribution is 2.21. The maximum Gasteiger partial charge on any atom is 0.255 e. The van der Waals surface area contributed by atoms with Crippen molar-refractivity contribution in [1.82, 2.24) is 4.98 Å². The Morgan fingerprint density at radius 1 is 1.12 bits per heavy atom. The van der Waals surface area contributed by atoms with E-state index in [2.05, 4.69) is 10.3 Å². The first-order valence-corrected chi connectivity index (χ1v) is 7.44. The smallest absolute Gasteiger partial charge is 0.255 e. The number of amides is 1. The molecule has 3 rings (SSSR count). The van der Waals surface area contributed by atoms with Crippen molar-refractivity contribution >= 4 is 22.5 Å². The largest absolute Gasteiger partial charge is 0.322 e. The molecule has 2 aromatic carbocycles. The summed E-state index contributed by atoms with van der Waals surface area (Å²) in [7, 11) is 0. The minimum absolute atomic E-state index is 0.134. The van der Waals surface area contributed by atoms with Crippen molar-refractivity contribution in [3.8, 4) is 6.07 Å². The molecule has 24 heavy (non-hydrogen) atoms. The Morgan fingerprint density at radius 2 is 1.92 bits per heavy atom. The van der Waals surface area contributed by atoms with E-state index in [9.17, 15) is 9.59 Å². The molecule has 0 saturated heterocycles. The summed E-state index contributed by atoms with van der Waals surface area (Å²) in [5, 5.41) is 12.6. The van der Waals surface area contributed by atoms with Crippen LogP contribution in [0.2, 0.25) is 0 Å². The van der Waals surface area contributed by atoms with Gasteiger partial charge >= 0.3 is 0 Å². The second-order valence-corrected chi connectivity index (χ2v) is 5.61. The second kappa shape index (κ2) is 6.01.